The second kappa shape index (κ2) is 7.82. The van der Waals surface area contributed by atoms with Gasteiger partial charge in [0.05, 0.1) is 0 Å². The number of hydrogen-bond donors (Lipinski definition) is 2. The molecule has 1 aliphatic heterocycles. The number of likely N-dealkylation sites (tertiary alicyclic amines) is 1. The maximum absolute atomic E-state index is 12.0. The first-order chi connectivity index (χ1) is 11.2. The highest BCUT2D eigenvalue weighted by Crippen LogP contribution is 2.27. The Morgan fingerprint density at radius 1 is 1.09 bits per heavy atom. The summed E-state index contributed by atoms with van der Waals surface area (Å²) in [5, 5.41) is 5.93. The van der Waals surface area contributed by atoms with Crippen LogP contribution in [-0.2, 0) is 0 Å². The fourth-order valence-electron chi connectivity index (χ4n) is 3.84. The summed E-state index contributed by atoms with van der Waals surface area (Å²) in [4.78, 5) is 14.7. The van der Waals surface area contributed by atoms with Gasteiger partial charge in [-0.3, -0.25) is 0 Å². The Balaban J connectivity index is 1.36. The molecule has 4 nitrogen and oxygen atoms in total. The highest BCUT2D eigenvalue weighted by molar-refractivity contribution is 5.89. The zero-order valence-corrected chi connectivity index (χ0v) is 14.2. The monoisotopic (exact) mass is 315 g/mol. The third-order valence-electron chi connectivity index (χ3n) is 5.35. The molecule has 4 heteroatoms. The average molecular weight is 315 g/mol. The van der Waals surface area contributed by atoms with Crippen molar-refractivity contribution < 1.29 is 4.79 Å². The molecular weight excluding hydrogens is 286 g/mol. The molecule has 2 amide bonds. The quantitative estimate of drug-likeness (QED) is 0.888. The van der Waals surface area contributed by atoms with Crippen LogP contribution < -0.4 is 10.6 Å². The van der Waals surface area contributed by atoms with Gasteiger partial charge in [0.1, 0.15) is 0 Å². The van der Waals surface area contributed by atoms with Crippen LogP contribution in [0, 0.1) is 12.8 Å². The number of urea groups is 1. The number of piperidine rings is 1. The standard InChI is InChI=1S/C19H29N3O/c1-15-6-8-17(9-7-15)21-19(23)20-14-16-10-12-22(13-11-16)18-4-2-3-5-18/h6-9,16,18H,2-5,10-14H2,1H3,(H2,20,21,23). The molecule has 0 spiro atoms. The molecule has 23 heavy (non-hydrogen) atoms. The Hall–Kier alpha value is -1.55. The van der Waals surface area contributed by atoms with E-state index in [0.717, 1.165) is 18.3 Å². The molecule has 1 saturated carbocycles. The average Bonchev–Trinajstić information content (AvgIpc) is 3.10. The highest BCUT2D eigenvalue weighted by Gasteiger charge is 2.27. The first kappa shape index (κ1) is 16.3. The zero-order valence-electron chi connectivity index (χ0n) is 14.2. The van der Waals surface area contributed by atoms with E-state index in [0.29, 0.717) is 5.92 Å². The summed E-state index contributed by atoms with van der Waals surface area (Å²) in [6.45, 7) is 5.24. The zero-order chi connectivity index (χ0) is 16.1. The number of hydrogen-bond acceptors (Lipinski definition) is 2. The topological polar surface area (TPSA) is 44.4 Å². The van der Waals surface area contributed by atoms with E-state index in [2.05, 4.69) is 15.5 Å². The van der Waals surface area contributed by atoms with Crippen molar-refractivity contribution in [1.29, 1.82) is 0 Å². The van der Waals surface area contributed by atoms with E-state index in [-0.39, 0.29) is 6.03 Å². The van der Waals surface area contributed by atoms with Gasteiger partial charge in [-0.15, -0.1) is 0 Å². The molecule has 2 fully saturated rings. The fraction of sp³-hybridized carbons (Fsp3) is 0.632. The highest BCUT2D eigenvalue weighted by atomic mass is 16.2. The van der Waals surface area contributed by atoms with Crippen LogP contribution in [0.1, 0.15) is 44.1 Å². The third-order valence-corrected chi connectivity index (χ3v) is 5.35. The predicted octanol–water partition coefficient (Wildman–Crippen LogP) is 3.77. The predicted molar refractivity (Wildman–Crippen MR) is 94.8 cm³/mol. The van der Waals surface area contributed by atoms with Crippen molar-refractivity contribution in [2.45, 2.75) is 51.5 Å². The summed E-state index contributed by atoms with van der Waals surface area (Å²) < 4.78 is 0. The molecule has 1 aromatic carbocycles. The first-order valence-corrected chi connectivity index (χ1v) is 9.06. The van der Waals surface area contributed by atoms with Gasteiger partial charge in [-0.2, -0.15) is 0 Å². The number of benzene rings is 1. The maximum Gasteiger partial charge on any atom is 0.319 e. The van der Waals surface area contributed by atoms with E-state index >= 15 is 0 Å². The lowest BCUT2D eigenvalue weighted by atomic mass is 9.95. The molecule has 1 aromatic rings. The van der Waals surface area contributed by atoms with Crippen LogP contribution in [0.4, 0.5) is 10.5 Å². The Morgan fingerprint density at radius 2 is 1.74 bits per heavy atom. The summed E-state index contributed by atoms with van der Waals surface area (Å²) in [6, 6.07) is 8.65. The van der Waals surface area contributed by atoms with E-state index in [9.17, 15) is 4.79 Å². The van der Waals surface area contributed by atoms with E-state index in [4.69, 9.17) is 0 Å². The van der Waals surface area contributed by atoms with Crippen LogP contribution in [-0.4, -0.2) is 36.6 Å². The number of rotatable bonds is 4. The summed E-state index contributed by atoms with van der Waals surface area (Å²) in [5.74, 6) is 0.622. The molecule has 0 unspecified atom stereocenters. The molecular formula is C19H29N3O. The number of nitrogens with one attached hydrogen (secondary N) is 2. The maximum atomic E-state index is 12.0. The molecule has 3 rings (SSSR count). The van der Waals surface area contributed by atoms with Crippen molar-refractivity contribution in [3.8, 4) is 0 Å². The normalized spacial score (nSPS) is 20.6. The van der Waals surface area contributed by atoms with Gasteiger partial charge in [0.25, 0.3) is 0 Å². The second-order valence-electron chi connectivity index (χ2n) is 7.12. The van der Waals surface area contributed by atoms with Crippen molar-refractivity contribution >= 4 is 11.7 Å². The van der Waals surface area contributed by atoms with Crippen LogP contribution in [0.5, 0.6) is 0 Å². The van der Waals surface area contributed by atoms with Crippen molar-refractivity contribution in [3.63, 3.8) is 0 Å². The third kappa shape index (κ3) is 4.71. The lowest BCUT2D eigenvalue weighted by Gasteiger charge is -2.36. The van der Waals surface area contributed by atoms with Gasteiger partial charge >= 0.3 is 6.03 Å². The molecule has 2 N–H and O–H groups in total. The van der Waals surface area contributed by atoms with Gasteiger partial charge in [0.2, 0.25) is 0 Å². The number of anilines is 1. The minimum absolute atomic E-state index is 0.0907. The molecule has 1 aliphatic carbocycles. The Labute approximate surface area is 139 Å². The minimum Gasteiger partial charge on any atom is -0.338 e. The molecule has 2 aliphatic rings. The SMILES string of the molecule is Cc1ccc(NC(=O)NCC2CCN(C3CCCC3)CC2)cc1. The Morgan fingerprint density at radius 3 is 2.39 bits per heavy atom. The lowest BCUT2D eigenvalue weighted by Crippen LogP contribution is -2.43. The van der Waals surface area contributed by atoms with Crippen molar-refractivity contribution in [2.24, 2.45) is 5.92 Å². The van der Waals surface area contributed by atoms with Gasteiger partial charge in [-0.1, -0.05) is 30.5 Å². The van der Waals surface area contributed by atoms with Gasteiger partial charge in [0.15, 0.2) is 0 Å². The van der Waals surface area contributed by atoms with Gasteiger partial charge < -0.3 is 15.5 Å². The summed E-state index contributed by atoms with van der Waals surface area (Å²) in [6.07, 6.45) is 8.02. The summed E-state index contributed by atoms with van der Waals surface area (Å²) >= 11 is 0. The van der Waals surface area contributed by atoms with Gasteiger partial charge in [0, 0.05) is 18.3 Å². The second-order valence-corrected chi connectivity index (χ2v) is 7.12. The van der Waals surface area contributed by atoms with Gasteiger partial charge in [-0.25, -0.2) is 4.79 Å². The van der Waals surface area contributed by atoms with Crippen molar-refractivity contribution in [2.75, 3.05) is 25.0 Å². The smallest absolute Gasteiger partial charge is 0.319 e. The number of carbonyl (C=O) groups is 1. The van der Waals surface area contributed by atoms with E-state index < -0.39 is 0 Å². The van der Waals surface area contributed by atoms with Gasteiger partial charge in [-0.05, 0) is 63.7 Å². The Kier molecular flexibility index (Phi) is 5.55. The van der Waals surface area contributed by atoms with Crippen LogP contribution in [0.15, 0.2) is 24.3 Å². The number of amides is 2. The van der Waals surface area contributed by atoms with Crippen LogP contribution in [0.25, 0.3) is 0 Å². The number of aryl methyl sites for hydroxylation is 1. The van der Waals surface area contributed by atoms with Crippen LogP contribution in [0.3, 0.4) is 0 Å². The fourth-order valence-corrected chi connectivity index (χ4v) is 3.84. The largest absolute Gasteiger partial charge is 0.338 e. The molecule has 126 valence electrons. The molecule has 0 radical (unpaired) electrons. The van der Waals surface area contributed by atoms with Crippen molar-refractivity contribution in [1.82, 2.24) is 10.2 Å². The number of carbonyl (C=O) groups excluding carboxylic acids is 1. The molecule has 1 saturated heterocycles. The molecule has 0 atom stereocenters. The van der Waals surface area contributed by atoms with E-state index in [1.807, 2.05) is 31.2 Å². The summed E-state index contributed by atoms with van der Waals surface area (Å²) in [7, 11) is 0. The first-order valence-electron chi connectivity index (χ1n) is 9.06. The minimum atomic E-state index is -0.0907. The summed E-state index contributed by atoms with van der Waals surface area (Å²) in [5.41, 5.74) is 2.05. The molecule has 0 aromatic heterocycles. The van der Waals surface area contributed by atoms with E-state index in [1.54, 1.807) is 0 Å². The van der Waals surface area contributed by atoms with Crippen LogP contribution >= 0.6 is 0 Å². The molecule has 0 bridgehead atoms. The molecule has 1 heterocycles. The Bertz CT molecular complexity index is 500. The van der Waals surface area contributed by atoms with Crippen LogP contribution in [0.2, 0.25) is 0 Å². The lowest BCUT2D eigenvalue weighted by molar-refractivity contribution is 0.134. The number of nitrogens with zero attached hydrogens (tertiary/aromatic N) is 1. The van der Waals surface area contributed by atoms with Crippen molar-refractivity contribution in [3.05, 3.63) is 29.8 Å². The van der Waals surface area contributed by atoms with E-state index in [1.165, 1.54) is 57.2 Å².